The monoisotopic (exact) mass is 328 g/mol. The quantitative estimate of drug-likeness (QED) is 0.424. The molecule has 0 atom stereocenters. The van der Waals surface area contributed by atoms with Crippen molar-refractivity contribution in [1.29, 1.82) is 0 Å². The Kier molecular flexibility index (Phi) is 3.28. The third-order valence-electron chi connectivity index (χ3n) is 3.22. The fraction of sp³-hybridized carbons (Fsp3) is 0. The van der Waals surface area contributed by atoms with Crippen LogP contribution in [0.5, 0.6) is 0 Å². The fourth-order valence-electron chi connectivity index (χ4n) is 2.16. The largest absolute Gasteiger partial charge is 0.333 e. The summed E-state index contributed by atoms with van der Waals surface area (Å²) in [5.74, 6) is -13.2. The summed E-state index contributed by atoms with van der Waals surface area (Å²) in [5, 5.41) is 0. The van der Waals surface area contributed by atoms with Gasteiger partial charge in [0.2, 0.25) is 5.82 Å². The second-order valence-electron chi connectivity index (χ2n) is 4.53. The van der Waals surface area contributed by atoms with Gasteiger partial charge in [0, 0.05) is 0 Å². The van der Waals surface area contributed by atoms with Crippen LogP contribution in [0.15, 0.2) is 29.1 Å². The van der Waals surface area contributed by atoms with E-state index in [1.54, 1.807) is 0 Å². The molecule has 0 saturated heterocycles. The molecule has 1 heterocycles. The van der Waals surface area contributed by atoms with Crippen LogP contribution in [0.4, 0.5) is 22.0 Å². The van der Waals surface area contributed by atoms with E-state index in [1.165, 1.54) is 24.3 Å². The maximum Gasteiger partial charge on any atom is 0.333 e. The van der Waals surface area contributed by atoms with Crippen LogP contribution in [-0.4, -0.2) is 15.5 Å². The van der Waals surface area contributed by atoms with E-state index < -0.39 is 46.2 Å². The lowest BCUT2D eigenvalue weighted by atomic mass is 10.1. The Labute approximate surface area is 123 Å². The van der Waals surface area contributed by atoms with Crippen molar-refractivity contribution in [1.82, 2.24) is 9.55 Å². The summed E-state index contributed by atoms with van der Waals surface area (Å²) in [5.41, 5.74) is -2.67. The molecule has 0 aliphatic carbocycles. The molecule has 0 amide bonds. The normalized spacial score (nSPS) is 11.2. The highest BCUT2D eigenvalue weighted by Crippen LogP contribution is 2.24. The predicted molar refractivity (Wildman–Crippen MR) is 68.5 cm³/mol. The van der Waals surface area contributed by atoms with E-state index in [0.717, 1.165) is 0 Å². The number of carbonyl (C=O) groups is 1. The first-order chi connectivity index (χ1) is 10.8. The molecule has 0 aliphatic rings. The zero-order valence-corrected chi connectivity index (χ0v) is 11.0. The number of aromatic amines is 1. The molecule has 0 bridgehead atoms. The van der Waals surface area contributed by atoms with Gasteiger partial charge in [-0.25, -0.2) is 31.3 Å². The van der Waals surface area contributed by atoms with Crippen molar-refractivity contribution in [3.8, 4) is 0 Å². The molecular formula is C14H5F5N2O2. The van der Waals surface area contributed by atoms with E-state index in [2.05, 4.69) is 4.98 Å². The minimum atomic E-state index is -2.39. The number of carbonyl (C=O) groups excluding carboxylic acids is 1. The first-order valence-corrected chi connectivity index (χ1v) is 6.10. The van der Waals surface area contributed by atoms with E-state index in [-0.39, 0.29) is 11.0 Å². The predicted octanol–water partition coefficient (Wildman–Crippen LogP) is 2.71. The van der Waals surface area contributed by atoms with Crippen molar-refractivity contribution in [3.05, 3.63) is 69.4 Å². The van der Waals surface area contributed by atoms with Crippen LogP contribution in [0.3, 0.4) is 0 Å². The number of H-pyrrole nitrogens is 1. The number of nitrogens with zero attached hydrogens (tertiary/aromatic N) is 1. The van der Waals surface area contributed by atoms with Crippen molar-refractivity contribution in [2.24, 2.45) is 0 Å². The van der Waals surface area contributed by atoms with Crippen molar-refractivity contribution >= 4 is 16.9 Å². The van der Waals surface area contributed by atoms with Gasteiger partial charge in [-0.1, -0.05) is 12.1 Å². The third kappa shape index (κ3) is 2.04. The van der Waals surface area contributed by atoms with Crippen LogP contribution in [0.2, 0.25) is 0 Å². The lowest BCUT2D eigenvalue weighted by molar-refractivity contribution is 0.0949. The second kappa shape index (κ2) is 5.04. The van der Waals surface area contributed by atoms with E-state index in [0.29, 0.717) is 4.57 Å². The van der Waals surface area contributed by atoms with Gasteiger partial charge >= 0.3 is 5.69 Å². The average Bonchev–Trinajstić information content (AvgIpc) is 2.86. The van der Waals surface area contributed by atoms with Crippen LogP contribution in [0.1, 0.15) is 10.4 Å². The summed E-state index contributed by atoms with van der Waals surface area (Å²) in [6.07, 6.45) is 0. The number of hydrogen-bond acceptors (Lipinski definition) is 2. The van der Waals surface area contributed by atoms with Gasteiger partial charge in [-0.2, -0.15) is 0 Å². The molecule has 23 heavy (non-hydrogen) atoms. The van der Waals surface area contributed by atoms with Gasteiger partial charge in [-0.15, -0.1) is 0 Å². The fourth-order valence-corrected chi connectivity index (χ4v) is 2.16. The highest BCUT2D eigenvalue weighted by Gasteiger charge is 2.31. The summed E-state index contributed by atoms with van der Waals surface area (Å²) in [6, 6.07) is 5.62. The summed E-state index contributed by atoms with van der Waals surface area (Å²) in [6.45, 7) is 0. The third-order valence-corrected chi connectivity index (χ3v) is 3.22. The SMILES string of the molecule is O=C(c1c(F)c(F)c(F)c(F)c1F)n1c(=O)[nH]c2ccccc21. The molecule has 4 nitrogen and oxygen atoms in total. The van der Waals surface area contributed by atoms with E-state index in [1.807, 2.05) is 0 Å². The number of aromatic nitrogens is 2. The lowest BCUT2D eigenvalue weighted by Gasteiger charge is -2.07. The summed E-state index contributed by atoms with van der Waals surface area (Å²) in [7, 11) is 0. The van der Waals surface area contributed by atoms with Crippen LogP contribution in [0, 0.1) is 29.1 Å². The van der Waals surface area contributed by atoms with Crippen molar-refractivity contribution < 1.29 is 26.7 Å². The highest BCUT2D eigenvalue weighted by molar-refractivity contribution is 6.01. The molecule has 3 rings (SSSR count). The zero-order chi connectivity index (χ0) is 16.9. The van der Waals surface area contributed by atoms with E-state index >= 15 is 0 Å². The number of rotatable bonds is 1. The molecule has 0 saturated carbocycles. The second-order valence-corrected chi connectivity index (χ2v) is 4.53. The molecule has 118 valence electrons. The Morgan fingerprint density at radius 2 is 1.39 bits per heavy atom. The maximum atomic E-state index is 13.7. The minimum Gasteiger partial charge on any atom is -0.305 e. The Bertz CT molecular complexity index is 993. The van der Waals surface area contributed by atoms with Crippen LogP contribution in [-0.2, 0) is 0 Å². The number of nitrogens with one attached hydrogen (secondary N) is 1. The molecule has 1 aromatic heterocycles. The van der Waals surface area contributed by atoms with Gasteiger partial charge < -0.3 is 4.98 Å². The summed E-state index contributed by atoms with van der Waals surface area (Å²) >= 11 is 0. The Balaban J connectivity index is 2.34. The first-order valence-electron chi connectivity index (χ1n) is 6.10. The van der Waals surface area contributed by atoms with Crippen molar-refractivity contribution in [2.45, 2.75) is 0 Å². The smallest absolute Gasteiger partial charge is 0.305 e. The standard InChI is InChI=1S/C14H5F5N2O2/c15-8-7(9(16)11(18)12(19)10(8)17)13(22)21-6-4-2-1-3-5(6)20-14(21)23/h1-4H,(H,20,23). The van der Waals surface area contributed by atoms with Gasteiger partial charge in [-0.05, 0) is 12.1 Å². The number of benzene rings is 2. The van der Waals surface area contributed by atoms with Crippen LogP contribution in [0.25, 0.3) is 11.0 Å². The molecule has 0 spiro atoms. The molecule has 2 aromatic carbocycles. The molecule has 3 aromatic rings. The van der Waals surface area contributed by atoms with Crippen LogP contribution < -0.4 is 5.69 Å². The van der Waals surface area contributed by atoms with Gasteiger partial charge in [0.05, 0.1) is 11.0 Å². The molecule has 1 N–H and O–H groups in total. The Morgan fingerprint density at radius 3 is 2.00 bits per heavy atom. The first kappa shape index (κ1) is 14.9. The number of para-hydroxylation sites is 2. The maximum absolute atomic E-state index is 13.7. The molecule has 0 fully saturated rings. The van der Waals surface area contributed by atoms with Gasteiger partial charge in [0.1, 0.15) is 5.56 Å². The van der Waals surface area contributed by atoms with Crippen LogP contribution >= 0.6 is 0 Å². The number of halogens is 5. The zero-order valence-electron chi connectivity index (χ0n) is 11.0. The molecule has 0 aliphatic heterocycles. The van der Waals surface area contributed by atoms with E-state index in [4.69, 9.17) is 0 Å². The molecule has 0 radical (unpaired) electrons. The van der Waals surface area contributed by atoms with Gasteiger partial charge in [0.25, 0.3) is 5.91 Å². The number of fused-ring (bicyclic) bond motifs is 1. The molecular weight excluding hydrogens is 323 g/mol. The topological polar surface area (TPSA) is 54.9 Å². The Hall–Kier alpha value is -2.97. The summed E-state index contributed by atoms with van der Waals surface area (Å²) < 4.78 is 67.2. The minimum absolute atomic E-state index is 0.0635. The van der Waals surface area contributed by atoms with Gasteiger partial charge in [-0.3, -0.25) is 4.79 Å². The average molecular weight is 328 g/mol. The van der Waals surface area contributed by atoms with E-state index in [9.17, 15) is 31.5 Å². The van der Waals surface area contributed by atoms with Crippen molar-refractivity contribution in [3.63, 3.8) is 0 Å². The number of hydrogen-bond donors (Lipinski definition) is 1. The van der Waals surface area contributed by atoms with Gasteiger partial charge in [0.15, 0.2) is 23.3 Å². The highest BCUT2D eigenvalue weighted by atomic mass is 19.2. The molecule has 0 unspecified atom stereocenters. The Morgan fingerprint density at radius 1 is 0.870 bits per heavy atom. The lowest BCUT2D eigenvalue weighted by Crippen LogP contribution is -2.27. The summed E-state index contributed by atoms with van der Waals surface area (Å²) in [4.78, 5) is 26.2. The van der Waals surface area contributed by atoms with Crippen molar-refractivity contribution in [2.75, 3.05) is 0 Å². The molecule has 9 heteroatoms. The number of imidazole rings is 1.